The summed E-state index contributed by atoms with van der Waals surface area (Å²) in [5.74, 6) is 0.854. The fourth-order valence-corrected chi connectivity index (χ4v) is 8.34. The third kappa shape index (κ3) is 7.36. The van der Waals surface area contributed by atoms with Crippen molar-refractivity contribution >= 4 is 49.8 Å². The lowest BCUT2D eigenvalue weighted by Crippen LogP contribution is -2.16. The maximum absolute atomic E-state index is 5.63. The molecule has 0 aliphatic carbocycles. The van der Waals surface area contributed by atoms with Crippen molar-refractivity contribution in [1.29, 1.82) is 0 Å². The highest BCUT2D eigenvalue weighted by molar-refractivity contribution is 6.11. The molecule has 0 radical (unpaired) electrons. The molecular weight excluding hydrogens is 729 g/mol. The lowest BCUT2D eigenvalue weighted by atomic mass is 9.79. The molecule has 0 aliphatic heterocycles. The number of hydrogen-bond acceptors (Lipinski definition) is 3. The van der Waals surface area contributed by atoms with Crippen molar-refractivity contribution in [1.82, 2.24) is 15.0 Å². The van der Waals surface area contributed by atoms with Crippen LogP contribution < -0.4 is 4.90 Å². The molecule has 0 saturated heterocycles. The Hall–Kier alpha value is -6.52. The molecular formula is C56H54N4. The van der Waals surface area contributed by atoms with Crippen LogP contribution in [0.3, 0.4) is 0 Å². The fourth-order valence-electron chi connectivity index (χ4n) is 8.34. The molecule has 9 aromatic rings. The maximum atomic E-state index is 5.63. The summed E-state index contributed by atoms with van der Waals surface area (Å²) < 4.78 is 0. The largest absolute Gasteiger partial charge is 0.354 e. The summed E-state index contributed by atoms with van der Waals surface area (Å²) in [5, 5.41) is 4.75. The number of anilines is 3. The van der Waals surface area contributed by atoms with E-state index in [4.69, 9.17) is 9.97 Å². The van der Waals surface area contributed by atoms with Gasteiger partial charge in [0.25, 0.3) is 0 Å². The van der Waals surface area contributed by atoms with Crippen LogP contribution in [0.2, 0.25) is 0 Å². The van der Waals surface area contributed by atoms with E-state index in [2.05, 4.69) is 218 Å². The van der Waals surface area contributed by atoms with E-state index < -0.39 is 0 Å². The molecule has 0 saturated carbocycles. The van der Waals surface area contributed by atoms with E-state index >= 15 is 0 Å². The summed E-state index contributed by atoms with van der Waals surface area (Å²) in [6.07, 6.45) is 1.88. The standard InChI is InChI=1S/C56H54N4/c1-54(2,3)40-28-37(29-41(34-40)55(4,5)6)38-32-49(58-50(33-38)47-23-17-22-46-45-21-12-13-24-48(45)59-53(46)47)39-30-42(56(7,8)9)35-43(31-39)60(52-26-14-15-27-57-52)51-25-16-19-36-18-10-11-20-44(36)51/h10-35,59H,1-9H3. The number of aromatic nitrogens is 3. The zero-order chi connectivity index (χ0) is 42.0. The number of para-hydroxylation sites is 2. The van der Waals surface area contributed by atoms with Crippen LogP contribution >= 0.6 is 0 Å². The van der Waals surface area contributed by atoms with Crippen LogP contribution in [0.4, 0.5) is 17.2 Å². The number of nitrogens with one attached hydrogen (secondary N) is 1. The number of aromatic amines is 1. The molecule has 3 aromatic heterocycles. The topological polar surface area (TPSA) is 44.8 Å². The van der Waals surface area contributed by atoms with Gasteiger partial charge in [-0.2, -0.15) is 0 Å². The molecule has 298 valence electrons. The van der Waals surface area contributed by atoms with Crippen LogP contribution in [-0.2, 0) is 16.2 Å². The Balaban J connectivity index is 1.34. The van der Waals surface area contributed by atoms with Gasteiger partial charge in [0.05, 0.1) is 22.6 Å². The summed E-state index contributed by atoms with van der Waals surface area (Å²) in [6, 6.07) is 55.1. The van der Waals surface area contributed by atoms with Gasteiger partial charge in [0.1, 0.15) is 5.82 Å². The normalized spacial score (nSPS) is 12.4. The van der Waals surface area contributed by atoms with E-state index in [0.717, 1.165) is 61.7 Å². The predicted molar refractivity (Wildman–Crippen MR) is 256 cm³/mol. The third-order valence-corrected chi connectivity index (χ3v) is 11.9. The number of pyridine rings is 2. The molecule has 0 bridgehead atoms. The van der Waals surface area contributed by atoms with Gasteiger partial charge in [0.2, 0.25) is 0 Å². The van der Waals surface area contributed by atoms with Gasteiger partial charge in [-0.1, -0.05) is 159 Å². The van der Waals surface area contributed by atoms with Crippen molar-refractivity contribution < 1.29 is 0 Å². The highest BCUT2D eigenvalue weighted by Gasteiger charge is 2.25. The summed E-state index contributed by atoms with van der Waals surface area (Å²) in [4.78, 5) is 16.7. The lowest BCUT2D eigenvalue weighted by Gasteiger charge is -2.29. The SMILES string of the molecule is CC(C)(C)c1cc(-c2cc(-c3cc(C(C)(C)C)cc(C(C)(C)C)c3)cc(-c3cccc4c3[nH]c3ccccc34)n2)cc(N(c2ccccn2)c2cccc3ccccc23)c1. The molecule has 0 spiro atoms. The third-order valence-electron chi connectivity index (χ3n) is 11.9. The van der Waals surface area contributed by atoms with Crippen LogP contribution in [0.15, 0.2) is 158 Å². The average Bonchev–Trinajstić information content (AvgIpc) is 3.62. The smallest absolute Gasteiger partial charge is 0.137 e. The lowest BCUT2D eigenvalue weighted by molar-refractivity contribution is 0.569. The van der Waals surface area contributed by atoms with Crippen molar-refractivity contribution in [2.45, 2.75) is 78.6 Å². The van der Waals surface area contributed by atoms with Crippen molar-refractivity contribution in [3.05, 3.63) is 175 Å². The fraction of sp³-hybridized carbons (Fsp3) is 0.214. The second kappa shape index (κ2) is 14.6. The quantitative estimate of drug-likeness (QED) is 0.183. The van der Waals surface area contributed by atoms with Crippen LogP contribution in [0.5, 0.6) is 0 Å². The molecule has 9 rings (SSSR count). The van der Waals surface area contributed by atoms with Gasteiger partial charge in [-0.3, -0.25) is 4.90 Å². The monoisotopic (exact) mass is 782 g/mol. The molecule has 0 atom stereocenters. The molecule has 60 heavy (non-hydrogen) atoms. The molecule has 0 fully saturated rings. The Morgan fingerprint density at radius 2 is 1.05 bits per heavy atom. The number of hydrogen-bond donors (Lipinski definition) is 1. The first-order chi connectivity index (χ1) is 28.6. The van der Waals surface area contributed by atoms with Gasteiger partial charge < -0.3 is 4.98 Å². The number of nitrogens with zero attached hydrogens (tertiary/aromatic N) is 3. The summed E-state index contributed by atoms with van der Waals surface area (Å²) in [7, 11) is 0. The van der Waals surface area contributed by atoms with Gasteiger partial charge in [-0.15, -0.1) is 0 Å². The Kier molecular flexibility index (Phi) is 9.51. The van der Waals surface area contributed by atoms with Crippen LogP contribution in [-0.4, -0.2) is 15.0 Å². The summed E-state index contributed by atoms with van der Waals surface area (Å²) in [6.45, 7) is 20.7. The van der Waals surface area contributed by atoms with Gasteiger partial charge >= 0.3 is 0 Å². The number of fused-ring (bicyclic) bond motifs is 4. The maximum Gasteiger partial charge on any atom is 0.137 e. The molecule has 4 heteroatoms. The highest BCUT2D eigenvalue weighted by Crippen LogP contribution is 2.43. The van der Waals surface area contributed by atoms with E-state index in [-0.39, 0.29) is 16.2 Å². The Morgan fingerprint density at radius 1 is 0.467 bits per heavy atom. The van der Waals surface area contributed by atoms with Gasteiger partial charge in [-0.25, -0.2) is 9.97 Å². The van der Waals surface area contributed by atoms with Gasteiger partial charge in [-0.05, 0) is 104 Å². The van der Waals surface area contributed by atoms with E-state index in [9.17, 15) is 0 Å². The minimum absolute atomic E-state index is 0.0306. The van der Waals surface area contributed by atoms with Crippen LogP contribution in [0.25, 0.3) is 66.2 Å². The second-order valence-electron chi connectivity index (χ2n) is 19.4. The van der Waals surface area contributed by atoms with Crippen LogP contribution in [0.1, 0.15) is 79.0 Å². The molecule has 4 nitrogen and oxygen atoms in total. The van der Waals surface area contributed by atoms with Crippen molar-refractivity contribution in [2.24, 2.45) is 0 Å². The number of benzene rings is 6. The van der Waals surface area contributed by atoms with E-state index in [1.807, 2.05) is 12.3 Å². The van der Waals surface area contributed by atoms with Crippen molar-refractivity contribution in [3.8, 4) is 33.6 Å². The average molecular weight is 783 g/mol. The van der Waals surface area contributed by atoms with Crippen molar-refractivity contribution in [2.75, 3.05) is 4.90 Å². The Morgan fingerprint density at radius 3 is 1.77 bits per heavy atom. The van der Waals surface area contributed by atoms with Crippen molar-refractivity contribution in [3.63, 3.8) is 0 Å². The Labute approximate surface area is 355 Å². The first kappa shape index (κ1) is 39.0. The molecule has 0 amide bonds. The molecule has 1 N–H and O–H groups in total. The highest BCUT2D eigenvalue weighted by atomic mass is 15.2. The van der Waals surface area contributed by atoms with Gasteiger partial charge in [0.15, 0.2) is 0 Å². The summed E-state index contributed by atoms with van der Waals surface area (Å²) in [5.41, 5.74) is 14.3. The number of H-pyrrole nitrogens is 1. The first-order valence-corrected chi connectivity index (χ1v) is 21.2. The zero-order valence-electron chi connectivity index (χ0n) is 36.4. The van der Waals surface area contributed by atoms with E-state index in [0.29, 0.717) is 0 Å². The predicted octanol–water partition coefficient (Wildman–Crippen LogP) is 15.6. The second-order valence-corrected chi connectivity index (χ2v) is 19.4. The molecule has 6 aromatic carbocycles. The number of rotatable bonds is 6. The van der Waals surface area contributed by atoms with Gasteiger partial charge in [0, 0.05) is 44.7 Å². The minimum Gasteiger partial charge on any atom is -0.354 e. The molecule has 0 unspecified atom stereocenters. The van der Waals surface area contributed by atoms with Crippen LogP contribution in [0, 0.1) is 0 Å². The van der Waals surface area contributed by atoms with E-state index in [1.54, 1.807) is 0 Å². The summed E-state index contributed by atoms with van der Waals surface area (Å²) >= 11 is 0. The first-order valence-electron chi connectivity index (χ1n) is 21.2. The minimum atomic E-state index is -0.154. The molecule has 0 aliphatic rings. The molecule has 3 heterocycles. The van der Waals surface area contributed by atoms with E-state index in [1.165, 1.54) is 38.4 Å². The Bertz CT molecular complexity index is 3000. The zero-order valence-corrected chi connectivity index (χ0v) is 36.4.